The molecule has 11 heteroatoms. The minimum Gasteiger partial charge on any atom is -0.507 e. The lowest BCUT2D eigenvalue weighted by atomic mass is 10.0. The van der Waals surface area contributed by atoms with Crippen molar-refractivity contribution in [1.29, 1.82) is 0 Å². The molecule has 0 saturated heterocycles. The lowest BCUT2D eigenvalue weighted by Gasteiger charge is -2.30. The van der Waals surface area contributed by atoms with Crippen LogP contribution in [0.1, 0.15) is 35.5 Å². The zero-order valence-corrected chi connectivity index (χ0v) is 24.1. The number of amides is 1. The van der Waals surface area contributed by atoms with Crippen LogP contribution in [0.15, 0.2) is 96.2 Å². The van der Waals surface area contributed by atoms with Crippen LogP contribution in [0.2, 0.25) is 0 Å². The summed E-state index contributed by atoms with van der Waals surface area (Å²) in [6.07, 6.45) is 4.78. The number of ether oxygens (including phenoxy) is 1. The number of para-hydroxylation sites is 1. The van der Waals surface area contributed by atoms with Crippen molar-refractivity contribution in [2.75, 3.05) is 19.4 Å². The van der Waals surface area contributed by atoms with Crippen LogP contribution >= 0.6 is 0 Å². The Kier molecular flexibility index (Phi) is 9.44. The molecule has 0 aliphatic rings. The third kappa shape index (κ3) is 7.42. The van der Waals surface area contributed by atoms with Gasteiger partial charge in [-0.1, -0.05) is 24.3 Å². The number of phenols is 1. The van der Waals surface area contributed by atoms with Crippen molar-refractivity contribution < 1.29 is 28.2 Å². The maximum atomic E-state index is 12.9. The summed E-state index contributed by atoms with van der Waals surface area (Å²) in [7, 11) is -3.81. The van der Waals surface area contributed by atoms with Crippen LogP contribution in [0.4, 0.5) is 0 Å². The molecule has 2 aromatic heterocycles. The molecule has 4 aromatic rings. The molecular formula is C31H33N3O7S. The number of hydrogen-bond acceptors (Lipinski definition) is 8. The van der Waals surface area contributed by atoms with Gasteiger partial charge in [0.25, 0.3) is 11.5 Å². The Morgan fingerprint density at radius 3 is 2.38 bits per heavy atom. The Balaban J connectivity index is 1.41. The molecule has 2 heterocycles. The van der Waals surface area contributed by atoms with Gasteiger partial charge in [0.15, 0.2) is 9.84 Å². The highest BCUT2D eigenvalue weighted by Crippen LogP contribution is 2.27. The Bertz CT molecular complexity index is 1690. The van der Waals surface area contributed by atoms with Gasteiger partial charge < -0.3 is 20.3 Å². The molecular weight excluding hydrogens is 558 g/mol. The highest BCUT2D eigenvalue weighted by Gasteiger charge is 2.39. The molecule has 2 aromatic carbocycles. The number of nitrogens with zero attached hydrogens (tertiary/aromatic N) is 2. The van der Waals surface area contributed by atoms with E-state index in [-0.39, 0.29) is 24.3 Å². The number of carbonyl (C=O) groups is 1. The SMILES string of the molecule is CC(CNC(=O)c1ccccc1O)(CC(O)n1ccc(-c2ccc(OCCc3ccncc3)cc2)cc1=O)S(C)(=O)=O. The monoisotopic (exact) mass is 591 g/mol. The zero-order valence-electron chi connectivity index (χ0n) is 23.3. The molecule has 0 radical (unpaired) electrons. The Hall–Kier alpha value is -4.48. The van der Waals surface area contributed by atoms with Crippen LogP contribution in [-0.2, 0) is 16.3 Å². The van der Waals surface area contributed by atoms with Crippen molar-refractivity contribution in [2.45, 2.75) is 30.7 Å². The fraction of sp³-hybridized carbons (Fsp3) is 0.258. The average Bonchev–Trinajstić information content (AvgIpc) is 2.96. The molecule has 0 aliphatic heterocycles. The van der Waals surface area contributed by atoms with Crippen LogP contribution < -0.4 is 15.6 Å². The van der Waals surface area contributed by atoms with Gasteiger partial charge in [-0.2, -0.15) is 0 Å². The molecule has 2 atom stereocenters. The molecule has 0 spiro atoms. The van der Waals surface area contributed by atoms with Crippen molar-refractivity contribution in [3.05, 3.63) is 113 Å². The maximum absolute atomic E-state index is 12.9. The minimum atomic E-state index is -3.81. The predicted octanol–water partition coefficient (Wildman–Crippen LogP) is 3.35. The predicted molar refractivity (Wildman–Crippen MR) is 159 cm³/mol. The van der Waals surface area contributed by atoms with E-state index in [2.05, 4.69) is 10.3 Å². The largest absolute Gasteiger partial charge is 0.507 e. The van der Waals surface area contributed by atoms with E-state index in [1.807, 2.05) is 36.4 Å². The smallest absolute Gasteiger partial charge is 0.255 e. The number of aromatic nitrogens is 2. The lowest BCUT2D eigenvalue weighted by Crippen LogP contribution is -2.48. The maximum Gasteiger partial charge on any atom is 0.255 e. The summed E-state index contributed by atoms with van der Waals surface area (Å²) in [6, 6.07) is 20.0. The molecule has 1 amide bonds. The molecule has 42 heavy (non-hydrogen) atoms. The molecule has 0 fully saturated rings. The van der Waals surface area contributed by atoms with Gasteiger partial charge in [0, 0.05) is 50.3 Å². The van der Waals surface area contributed by atoms with E-state index in [0.29, 0.717) is 17.9 Å². The van der Waals surface area contributed by atoms with E-state index in [4.69, 9.17) is 4.74 Å². The van der Waals surface area contributed by atoms with Crippen LogP contribution in [-0.4, -0.2) is 58.2 Å². The summed E-state index contributed by atoms with van der Waals surface area (Å²) < 4.78 is 30.7. The Labute approximate surface area is 244 Å². The van der Waals surface area contributed by atoms with Gasteiger partial charge in [-0.3, -0.25) is 19.1 Å². The average molecular weight is 592 g/mol. The van der Waals surface area contributed by atoms with Gasteiger partial charge in [0.05, 0.1) is 16.9 Å². The van der Waals surface area contributed by atoms with E-state index >= 15 is 0 Å². The Morgan fingerprint density at radius 1 is 1.05 bits per heavy atom. The molecule has 10 nitrogen and oxygen atoms in total. The highest BCUT2D eigenvalue weighted by molar-refractivity contribution is 7.92. The first kappa shape index (κ1) is 30.5. The number of phenolic OH excluding ortho intramolecular Hbond substituents is 1. The molecule has 0 aliphatic carbocycles. The van der Waals surface area contributed by atoms with Crippen LogP contribution in [0.3, 0.4) is 0 Å². The van der Waals surface area contributed by atoms with Crippen molar-refractivity contribution in [1.82, 2.24) is 14.9 Å². The number of hydrogen-bond donors (Lipinski definition) is 3. The van der Waals surface area contributed by atoms with E-state index in [9.17, 15) is 28.2 Å². The van der Waals surface area contributed by atoms with E-state index < -0.39 is 32.3 Å². The van der Waals surface area contributed by atoms with Gasteiger partial charge in [-0.05, 0) is 66.1 Å². The number of aliphatic hydroxyl groups excluding tert-OH is 1. The number of carbonyl (C=O) groups excluding carboxylic acids is 1. The van der Waals surface area contributed by atoms with Crippen LogP contribution in [0.25, 0.3) is 11.1 Å². The third-order valence-electron chi connectivity index (χ3n) is 7.15. The molecule has 0 saturated carbocycles. The second-order valence-corrected chi connectivity index (χ2v) is 12.8. The topological polar surface area (TPSA) is 148 Å². The molecule has 2 unspecified atom stereocenters. The number of aromatic hydroxyl groups is 1. The third-order valence-corrected chi connectivity index (χ3v) is 9.25. The van der Waals surface area contributed by atoms with Gasteiger partial charge in [0.1, 0.15) is 17.7 Å². The normalized spacial score (nSPS) is 13.6. The second kappa shape index (κ2) is 13.0. The first-order chi connectivity index (χ1) is 20.0. The van der Waals surface area contributed by atoms with E-state index in [1.165, 1.54) is 31.3 Å². The van der Waals surface area contributed by atoms with Gasteiger partial charge >= 0.3 is 0 Å². The summed E-state index contributed by atoms with van der Waals surface area (Å²) >= 11 is 0. The minimum absolute atomic E-state index is 0.00902. The van der Waals surface area contributed by atoms with Gasteiger partial charge in [-0.15, -0.1) is 0 Å². The molecule has 4 rings (SSSR count). The summed E-state index contributed by atoms with van der Waals surface area (Å²) in [4.78, 5) is 29.5. The van der Waals surface area contributed by atoms with Gasteiger partial charge in [0.2, 0.25) is 0 Å². The highest BCUT2D eigenvalue weighted by atomic mass is 32.2. The van der Waals surface area contributed by atoms with Crippen LogP contribution in [0, 0.1) is 0 Å². The number of aliphatic hydroxyl groups is 1. The number of rotatable bonds is 12. The fourth-order valence-electron chi connectivity index (χ4n) is 4.36. The second-order valence-electron chi connectivity index (χ2n) is 10.2. The number of sulfone groups is 1. The quantitative estimate of drug-likeness (QED) is 0.227. The van der Waals surface area contributed by atoms with Gasteiger partial charge in [-0.25, -0.2) is 8.42 Å². The fourth-order valence-corrected chi connectivity index (χ4v) is 5.15. The van der Waals surface area contributed by atoms with Crippen molar-refractivity contribution in [3.63, 3.8) is 0 Å². The van der Waals surface area contributed by atoms with E-state index in [0.717, 1.165) is 28.4 Å². The summed E-state index contributed by atoms with van der Waals surface area (Å²) in [6.45, 7) is 1.54. The first-order valence-corrected chi connectivity index (χ1v) is 15.1. The summed E-state index contributed by atoms with van der Waals surface area (Å²) in [5.74, 6) is -0.221. The standard InChI is InChI=1S/C31H33N3O7S/c1-31(42(2,39)40,21-33-30(38)26-5-3-4-6-27(26)35)20-29(37)34-17-13-24(19-28(34)36)23-7-9-25(10-8-23)41-18-14-22-11-15-32-16-12-22/h3-13,15-17,19,29,35,37H,14,18,20-21H2,1-2H3,(H,33,38). The Morgan fingerprint density at radius 2 is 1.74 bits per heavy atom. The number of pyridine rings is 2. The van der Waals surface area contributed by atoms with Crippen molar-refractivity contribution in [2.24, 2.45) is 0 Å². The first-order valence-electron chi connectivity index (χ1n) is 13.2. The van der Waals surface area contributed by atoms with Crippen LogP contribution in [0.5, 0.6) is 11.5 Å². The van der Waals surface area contributed by atoms with E-state index in [1.54, 1.807) is 30.6 Å². The zero-order chi connectivity index (χ0) is 30.3. The van der Waals surface area contributed by atoms with Crippen molar-refractivity contribution >= 4 is 15.7 Å². The molecule has 220 valence electrons. The number of benzene rings is 2. The lowest BCUT2D eigenvalue weighted by molar-refractivity contribution is 0.0767. The molecule has 0 bridgehead atoms. The summed E-state index contributed by atoms with van der Waals surface area (Å²) in [5, 5.41) is 23.4. The summed E-state index contributed by atoms with van der Waals surface area (Å²) in [5.41, 5.74) is 1.98. The molecule has 3 N–H and O–H groups in total. The number of nitrogens with one attached hydrogen (secondary N) is 1. The van der Waals surface area contributed by atoms with Crippen molar-refractivity contribution in [3.8, 4) is 22.6 Å².